The zero-order chi connectivity index (χ0) is 22.4. The van der Waals surface area contributed by atoms with Gasteiger partial charge >= 0.3 is 5.69 Å². The molecule has 0 atom stereocenters. The van der Waals surface area contributed by atoms with E-state index >= 15 is 0 Å². The largest absolute Gasteiger partial charge is 0.336 e. The minimum Gasteiger partial charge on any atom is -0.287 e. The molecule has 0 unspecified atom stereocenters. The highest BCUT2D eigenvalue weighted by molar-refractivity contribution is 5.78. The summed E-state index contributed by atoms with van der Waals surface area (Å²) in [6, 6.07) is 19.3. The molecule has 0 N–H and O–H groups in total. The van der Waals surface area contributed by atoms with Crippen LogP contribution in [0.3, 0.4) is 0 Å². The van der Waals surface area contributed by atoms with Gasteiger partial charge in [0.2, 0.25) is 0 Å². The van der Waals surface area contributed by atoms with Crippen molar-refractivity contribution in [2.24, 2.45) is 0 Å². The summed E-state index contributed by atoms with van der Waals surface area (Å²) in [5.41, 5.74) is 2.78. The molecule has 0 bridgehead atoms. The summed E-state index contributed by atoms with van der Waals surface area (Å²) in [5, 5.41) is 0.420. The molecule has 5 aromatic rings. The molecule has 7 heteroatoms. The SMILES string of the molecule is Cc1cc(C)cc(-n2c(=O)c3ccccc3n(Cc3cc(=O)n4ccccc4n3)c2=O)c1. The first kappa shape index (κ1) is 19.7. The molecule has 158 valence electrons. The van der Waals surface area contributed by atoms with Gasteiger partial charge < -0.3 is 0 Å². The highest BCUT2D eigenvalue weighted by Gasteiger charge is 2.16. The van der Waals surface area contributed by atoms with Gasteiger partial charge in [0.1, 0.15) is 5.65 Å². The van der Waals surface area contributed by atoms with E-state index in [1.165, 1.54) is 19.6 Å². The standard InChI is InChI=1S/C25H20N4O3/c1-16-11-17(2)13-19(12-16)29-24(31)20-7-3-4-8-21(20)28(25(29)32)15-18-14-23(30)27-10-6-5-9-22(27)26-18/h3-14H,15H2,1-2H3. The number of nitrogens with zero attached hydrogens (tertiary/aromatic N) is 4. The average molecular weight is 424 g/mol. The molecule has 0 radical (unpaired) electrons. The van der Waals surface area contributed by atoms with Crippen LogP contribution >= 0.6 is 0 Å². The van der Waals surface area contributed by atoms with Crippen LogP contribution in [0.5, 0.6) is 0 Å². The van der Waals surface area contributed by atoms with Gasteiger partial charge in [-0.1, -0.05) is 24.3 Å². The van der Waals surface area contributed by atoms with Crippen molar-refractivity contribution in [1.29, 1.82) is 0 Å². The van der Waals surface area contributed by atoms with Gasteiger partial charge in [0, 0.05) is 12.3 Å². The summed E-state index contributed by atoms with van der Waals surface area (Å²) < 4.78 is 4.13. The topological polar surface area (TPSA) is 78.4 Å². The lowest BCUT2D eigenvalue weighted by Crippen LogP contribution is -2.39. The molecule has 3 aromatic heterocycles. The number of aromatic nitrogens is 4. The monoisotopic (exact) mass is 424 g/mol. The Balaban J connectivity index is 1.79. The summed E-state index contributed by atoms with van der Waals surface area (Å²) in [5.74, 6) is 0. The fourth-order valence-corrected chi connectivity index (χ4v) is 4.13. The van der Waals surface area contributed by atoms with Crippen molar-refractivity contribution in [2.45, 2.75) is 20.4 Å². The van der Waals surface area contributed by atoms with Gasteiger partial charge in [-0.25, -0.2) is 14.3 Å². The van der Waals surface area contributed by atoms with Crippen molar-refractivity contribution < 1.29 is 0 Å². The first-order valence-corrected chi connectivity index (χ1v) is 10.2. The minimum atomic E-state index is -0.478. The van der Waals surface area contributed by atoms with Crippen molar-refractivity contribution >= 4 is 16.6 Å². The third kappa shape index (κ3) is 3.24. The number of benzene rings is 2. The van der Waals surface area contributed by atoms with Crippen LogP contribution in [0, 0.1) is 13.8 Å². The van der Waals surface area contributed by atoms with Crippen molar-refractivity contribution in [2.75, 3.05) is 0 Å². The summed E-state index contributed by atoms with van der Waals surface area (Å²) in [6.07, 6.45) is 1.65. The van der Waals surface area contributed by atoms with Gasteiger partial charge in [-0.2, -0.15) is 0 Å². The number of fused-ring (bicyclic) bond motifs is 2. The Bertz CT molecular complexity index is 1670. The van der Waals surface area contributed by atoms with Crippen LogP contribution in [0.4, 0.5) is 0 Å². The molecule has 0 fully saturated rings. The lowest BCUT2D eigenvalue weighted by molar-refractivity contribution is 0.700. The molecule has 2 aromatic carbocycles. The molecule has 0 aliphatic carbocycles. The number of aryl methyl sites for hydroxylation is 2. The van der Waals surface area contributed by atoms with Crippen LogP contribution < -0.4 is 16.8 Å². The zero-order valence-corrected chi connectivity index (χ0v) is 17.6. The maximum Gasteiger partial charge on any atom is 0.336 e. The Morgan fingerprint density at radius 1 is 0.844 bits per heavy atom. The van der Waals surface area contributed by atoms with Crippen molar-refractivity contribution in [3.8, 4) is 5.69 Å². The van der Waals surface area contributed by atoms with E-state index in [1.54, 1.807) is 48.7 Å². The van der Waals surface area contributed by atoms with E-state index in [4.69, 9.17) is 0 Å². The summed E-state index contributed by atoms with van der Waals surface area (Å²) in [4.78, 5) is 44.0. The maximum atomic E-state index is 13.6. The first-order chi connectivity index (χ1) is 15.4. The zero-order valence-electron chi connectivity index (χ0n) is 17.6. The van der Waals surface area contributed by atoms with Gasteiger partial charge in [0.15, 0.2) is 0 Å². The van der Waals surface area contributed by atoms with E-state index in [1.807, 2.05) is 32.0 Å². The Labute approximate surface area is 182 Å². The molecule has 0 aliphatic heterocycles. The van der Waals surface area contributed by atoms with Crippen LogP contribution in [0.25, 0.3) is 22.2 Å². The molecule has 0 spiro atoms. The van der Waals surface area contributed by atoms with E-state index in [0.29, 0.717) is 27.9 Å². The second kappa shape index (κ2) is 7.46. The summed E-state index contributed by atoms with van der Waals surface area (Å²) in [7, 11) is 0. The molecule has 32 heavy (non-hydrogen) atoms. The number of rotatable bonds is 3. The molecule has 0 aliphatic rings. The molecule has 0 saturated carbocycles. The number of pyridine rings is 1. The van der Waals surface area contributed by atoms with Crippen LogP contribution in [0.15, 0.2) is 87.3 Å². The fourth-order valence-electron chi connectivity index (χ4n) is 4.13. The first-order valence-electron chi connectivity index (χ1n) is 10.2. The van der Waals surface area contributed by atoms with Crippen LogP contribution in [-0.2, 0) is 6.54 Å². The molecular weight excluding hydrogens is 404 g/mol. The van der Waals surface area contributed by atoms with Gasteiger partial charge in [-0.3, -0.25) is 18.6 Å². The quantitative estimate of drug-likeness (QED) is 0.446. The van der Waals surface area contributed by atoms with Gasteiger partial charge in [0.25, 0.3) is 11.1 Å². The lowest BCUT2D eigenvalue weighted by atomic mass is 10.1. The van der Waals surface area contributed by atoms with Gasteiger partial charge in [0.05, 0.1) is 28.8 Å². The Hall–Kier alpha value is -4.26. The Morgan fingerprint density at radius 3 is 2.34 bits per heavy atom. The molecule has 5 rings (SSSR count). The third-order valence-electron chi connectivity index (χ3n) is 5.46. The number of hydrogen-bond acceptors (Lipinski definition) is 4. The molecule has 3 heterocycles. The molecule has 0 saturated heterocycles. The molecule has 0 amide bonds. The van der Waals surface area contributed by atoms with E-state index < -0.39 is 5.69 Å². The molecular formula is C25H20N4O3. The van der Waals surface area contributed by atoms with E-state index in [-0.39, 0.29) is 17.7 Å². The lowest BCUT2D eigenvalue weighted by Gasteiger charge is -2.15. The normalized spacial score (nSPS) is 11.3. The number of hydrogen-bond donors (Lipinski definition) is 0. The van der Waals surface area contributed by atoms with Crippen molar-refractivity contribution in [3.05, 3.63) is 121 Å². The van der Waals surface area contributed by atoms with Gasteiger partial charge in [-0.05, 0) is 61.4 Å². The van der Waals surface area contributed by atoms with E-state index in [0.717, 1.165) is 11.1 Å². The predicted molar refractivity (Wildman–Crippen MR) is 124 cm³/mol. The highest BCUT2D eigenvalue weighted by Crippen LogP contribution is 2.14. The second-order valence-corrected chi connectivity index (χ2v) is 7.89. The number of para-hydroxylation sites is 1. The van der Waals surface area contributed by atoms with E-state index in [2.05, 4.69) is 4.98 Å². The van der Waals surface area contributed by atoms with E-state index in [9.17, 15) is 14.4 Å². The smallest absolute Gasteiger partial charge is 0.287 e. The minimum absolute atomic E-state index is 0.0606. The third-order valence-corrected chi connectivity index (χ3v) is 5.46. The Kier molecular flexibility index (Phi) is 4.59. The summed E-state index contributed by atoms with van der Waals surface area (Å²) >= 11 is 0. The fraction of sp³-hybridized carbons (Fsp3) is 0.120. The highest BCUT2D eigenvalue weighted by atomic mass is 16.2. The van der Waals surface area contributed by atoms with Crippen LogP contribution in [-0.4, -0.2) is 18.5 Å². The summed E-state index contributed by atoms with van der Waals surface area (Å²) in [6.45, 7) is 3.91. The van der Waals surface area contributed by atoms with Gasteiger partial charge in [-0.15, -0.1) is 0 Å². The molecule has 7 nitrogen and oxygen atoms in total. The predicted octanol–water partition coefficient (Wildman–Crippen LogP) is 2.83. The van der Waals surface area contributed by atoms with Crippen LogP contribution in [0.1, 0.15) is 16.8 Å². The van der Waals surface area contributed by atoms with Crippen LogP contribution in [0.2, 0.25) is 0 Å². The second-order valence-electron chi connectivity index (χ2n) is 7.89. The average Bonchev–Trinajstić information content (AvgIpc) is 2.76. The maximum absolute atomic E-state index is 13.6. The van der Waals surface area contributed by atoms with Crippen molar-refractivity contribution in [1.82, 2.24) is 18.5 Å². The Morgan fingerprint density at radius 2 is 1.56 bits per heavy atom. The van der Waals surface area contributed by atoms with Crippen molar-refractivity contribution in [3.63, 3.8) is 0 Å².